The van der Waals surface area contributed by atoms with E-state index in [0.717, 1.165) is 0 Å². The molecule has 7 nitrogen and oxygen atoms in total. The highest BCUT2D eigenvalue weighted by Crippen LogP contribution is 2.39. The highest BCUT2D eigenvalue weighted by atomic mass is 16.5. The Morgan fingerprint density at radius 2 is 1.43 bits per heavy atom. The molecule has 0 spiro atoms. The van der Waals surface area contributed by atoms with Crippen molar-refractivity contribution in [1.29, 1.82) is 0 Å². The summed E-state index contributed by atoms with van der Waals surface area (Å²) in [4.78, 5) is 25.7. The summed E-state index contributed by atoms with van der Waals surface area (Å²) >= 11 is 0. The SMILES string of the molecule is CCOc1cc(C(=O)N(CC(=O)O)c2ccccc2)cc(OCC)c1OCC. The van der Waals surface area contributed by atoms with Crippen molar-refractivity contribution < 1.29 is 28.9 Å². The van der Waals surface area contributed by atoms with Gasteiger partial charge in [0.25, 0.3) is 5.91 Å². The Bertz CT molecular complexity index is 779. The molecule has 2 aromatic carbocycles. The Morgan fingerprint density at radius 1 is 0.893 bits per heavy atom. The molecule has 1 N–H and O–H groups in total. The summed E-state index contributed by atoms with van der Waals surface area (Å²) in [5.41, 5.74) is 0.736. The average molecular weight is 387 g/mol. The van der Waals surface area contributed by atoms with Gasteiger partial charge < -0.3 is 19.3 Å². The quantitative estimate of drug-likeness (QED) is 0.670. The monoisotopic (exact) mass is 387 g/mol. The molecule has 0 radical (unpaired) electrons. The molecular weight excluding hydrogens is 362 g/mol. The van der Waals surface area contributed by atoms with Gasteiger partial charge in [0.1, 0.15) is 6.54 Å². The fourth-order valence-electron chi connectivity index (χ4n) is 2.69. The van der Waals surface area contributed by atoms with Gasteiger partial charge in [-0.2, -0.15) is 0 Å². The van der Waals surface area contributed by atoms with Gasteiger partial charge in [-0.1, -0.05) is 18.2 Å². The molecule has 0 fully saturated rings. The standard InChI is InChI=1S/C21H25NO6/c1-4-26-17-12-15(13-18(27-5-2)20(17)28-6-3)21(25)22(14-19(23)24)16-10-8-7-9-11-16/h7-13H,4-6,14H2,1-3H3,(H,23,24). The van der Waals surface area contributed by atoms with Gasteiger partial charge in [0.15, 0.2) is 11.5 Å². The number of rotatable bonds is 10. The third-order valence-electron chi connectivity index (χ3n) is 3.76. The number of amides is 1. The largest absolute Gasteiger partial charge is 0.490 e. The van der Waals surface area contributed by atoms with Gasteiger partial charge in [0.2, 0.25) is 5.75 Å². The van der Waals surface area contributed by atoms with Gasteiger partial charge in [-0.3, -0.25) is 14.5 Å². The van der Waals surface area contributed by atoms with Crippen molar-refractivity contribution in [2.24, 2.45) is 0 Å². The second kappa shape index (κ2) is 10.2. The van der Waals surface area contributed by atoms with Crippen molar-refractivity contribution in [1.82, 2.24) is 0 Å². The molecule has 150 valence electrons. The number of nitrogens with zero attached hydrogens (tertiary/aromatic N) is 1. The molecular formula is C21H25NO6. The van der Waals surface area contributed by atoms with Gasteiger partial charge in [-0.15, -0.1) is 0 Å². The molecule has 7 heteroatoms. The molecule has 0 aromatic heterocycles. The lowest BCUT2D eigenvalue weighted by Gasteiger charge is -2.22. The van der Waals surface area contributed by atoms with Crippen LogP contribution in [0.1, 0.15) is 31.1 Å². The third-order valence-corrected chi connectivity index (χ3v) is 3.76. The zero-order valence-electron chi connectivity index (χ0n) is 16.3. The number of para-hydroxylation sites is 1. The van der Waals surface area contributed by atoms with E-state index in [1.54, 1.807) is 42.5 Å². The highest BCUT2D eigenvalue weighted by Gasteiger charge is 2.24. The molecule has 28 heavy (non-hydrogen) atoms. The van der Waals surface area contributed by atoms with E-state index in [9.17, 15) is 14.7 Å². The number of benzene rings is 2. The Balaban J connectivity index is 2.53. The van der Waals surface area contributed by atoms with E-state index in [-0.39, 0.29) is 5.56 Å². The Labute approximate surface area is 164 Å². The van der Waals surface area contributed by atoms with E-state index in [2.05, 4.69) is 0 Å². The number of aliphatic carboxylic acids is 1. The zero-order valence-corrected chi connectivity index (χ0v) is 16.3. The second-order valence-corrected chi connectivity index (χ2v) is 5.72. The first kappa shape index (κ1) is 21.1. The van der Waals surface area contributed by atoms with Crippen LogP contribution >= 0.6 is 0 Å². The van der Waals surface area contributed by atoms with Gasteiger partial charge in [-0.05, 0) is 45.0 Å². The minimum atomic E-state index is -1.11. The van der Waals surface area contributed by atoms with E-state index < -0.39 is 18.4 Å². The number of carbonyl (C=O) groups is 2. The van der Waals surface area contributed by atoms with E-state index in [4.69, 9.17) is 14.2 Å². The Hall–Kier alpha value is -3.22. The summed E-state index contributed by atoms with van der Waals surface area (Å²) in [7, 11) is 0. The lowest BCUT2D eigenvalue weighted by Crippen LogP contribution is -2.35. The van der Waals surface area contributed by atoms with E-state index >= 15 is 0 Å². The van der Waals surface area contributed by atoms with Crippen molar-refractivity contribution in [2.75, 3.05) is 31.3 Å². The summed E-state index contributed by atoms with van der Waals surface area (Å²) in [6.45, 7) is 6.18. The molecule has 0 aliphatic heterocycles. The second-order valence-electron chi connectivity index (χ2n) is 5.72. The van der Waals surface area contributed by atoms with Gasteiger partial charge in [-0.25, -0.2) is 0 Å². The normalized spacial score (nSPS) is 10.2. The third kappa shape index (κ3) is 5.16. The van der Waals surface area contributed by atoms with Gasteiger partial charge in [0.05, 0.1) is 19.8 Å². The first-order valence-electron chi connectivity index (χ1n) is 9.16. The number of hydrogen-bond donors (Lipinski definition) is 1. The number of anilines is 1. The van der Waals surface area contributed by atoms with Crippen LogP contribution in [0, 0.1) is 0 Å². The molecule has 0 aliphatic carbocycles. The molecule has 0 atom stereocenters. The topological polar surface area (TPSA) is 85.3 Å². The van der Waals surface area contributed by atoms with Crippen LogP contribution in [0.2, 0.25) is 0 Å². The zero-order chi connectivity index (χ0) is 20.5. The predicted molar refractivity (Wildman–Crippen MR) is 106 cm³/mol. The maximum atomic E-state index is 13.2. The maximum Gasteiger partial charge on any atom is 0.323 e. The van der Waals surface area contributed by atoms with Crippen LogP contribution in [-0.4, -0.2) is 43.3 Å². The van der Waals surface area contributed by atoms with Crippen molar-refractivity contribution in [3.63, 3.8) is 0 Å². The first-order valence-corrected chi connectivity index (χ1v) is 9.16. The molecule has 0 saturated carbocycles. The number of hydrogen-bond acceptors (Lipinski definition) is 5. The van der Waals surface area contributed by atoms with Crippen LogP contribution in [-0.2, 0) is 4.79 Å². The summed E-state index contributed by atoms with van der Waals surface area (Å²) in [6, 6.07) is 11.8. The summed E-state index contributed by atoms with van der Waals surface area (Å²) in [6.07, 6.45) is 0. The highest BCUT2D eigenvalue weighted by molar-refractivity contribution is 6.08. The van der Waals surface area contributed by atoms with Crippen LogP contribution in [0.4, 0.5) is 5.69 Å². The van der Waals surface area contributed by atoms with Crippen LogP contribution in [0.25, 0.3) is 0 Å². The molecule has 0 aliphatic rings. The Kier molecular flexibility index (Phi) is 7.68. The summed E-state index contributed by atoms with van der Waals surface area (Å²) in [5, 5.41) is 9.27. The molecule has 2 aromatic rings. The van der Waals surface area contributed by atoms with Gasteiger partial charge >= 0.3 is 5.97 Å². The predicted octanol–water partition coefficient (Wildman–Crippen LogP) is 3.61. The minimum absolute atomic E-state index is 0.250. The smallest absolute Gasteiger partial charge is 0.323 e. The number of ether oxygens (including phenoxy) is 3. The van der Waals surface area contributed by atoms with Crippen LogP contribution in [0.5, 0.6) is 17.2 Å². The lowest BCUT2D eigenvalue weighted by molar-refractivity contribution is -0.135. The molecule has 0 saturated heterocycles. The fourth-order valence-corrected chi connectivity index (χ4v) is 2.69. The van der Waals surface area contributed by atoms with Crippen LogP contribution < -0.4 is 19.1 Å². The molecule has 0 unspecified atom stereocenters. The average Bonchev–Trinajstić information content (AvgIpc) is 2.68. The minimum Gasteiger partial charge on any atom is -0.490 e. The number of carbonyl (C=O) groups excluding carboxylic acids is 1. The summed E-state index contributed by atoms with van der Waals surface area (Å²) in [5.74, 6) is -0.409. The van der Waals surface area contributed by atoms with Crippen molar-refractivity contribution in [3.05, 3.63) is 48.0 Å². The lowest BCUT2D eigenvalue weighted by atomic mass is 10.1. The number of carboxylic acids is 1. The van der Waals surface area contributed by atoms with Crippen LogP contribution in [0.15, 0.2) is 42.5 Å². The molecule has 0 heterocycles. The fraction of sp³-hybridized carbons (Fsp3) is 0.333. The molecule has 1 amide bonds. The molecule has 0 bridgehead atoms. The Morgan fingerprint density at radius 3 is 1.89 bits per heavy atom. The number of carboxylic acid groups (broad SMARTS) is 1. The van der Waals surface area contributed by atoms with E-state index in [1.165, 1.54) is 4.90 Å². The van der Waals surface area contributed by atoms with Crippen molar-refractivity contribution in [3.8, 4) is 17.2 Å². The van der Waals surface area contributed by atoms with Crippen molar-refractivity contribution in [2.45, 2.75) is 20.8 Å². The van der Waals surface area contributed by atoms with E-state index in [1.807, 2.05) is 20.8 Å². The maximum absolute atomic E-state index is 13.2. The van der Waals surface area contributed by atoms with Crippen LogP contribution in [0.3, 0.4) is 0 Å². The van der Waals surface area contributed by atoms with E-state index in [0.29, 0.717) is 42.8 Å². The van der Waals surface area contributed by atoms with Crippen molar-refractivity contribution >= 4 is 17.6 Å². The van der Waals surface area contributed by atoms with Gasteiger partial charge in [0, 0.05) is 11.3 Å². The first-order chi connectivity index (χ1) is 13.5. The summed E-state index contributed by atoms with van der Waals surface area (Å²) < 4.78 is 16.9. The molecule has 2 rings (SSSR count).